The van der Waals surface area contributed by atoms with Crippen LogP contribution in [0.5, 0.6) is 0 Å². The van der Waals surface area contributed by atoms with E-state index in [0.717, 1.165) is 28.1 Å². The zero-order valence-corrected chi connectivity index (χ0v) is 37.7. The molecule has 0 saturated carbocycles. The molecular weight excluding hydrogens is 879 g/mol. The molecule has 4 aliphatic heterocycles. The molecule has 10 rings (SSSR count). The molecule has 2 aromatic carbocycles. The number of hydrogen-bond acceptors (Lipinski definition) is 12. The number of hydrogen-bond donors (Lipinski definition) is 2. The van der Waals surface area contributed by atoms with E-state index in [1.807, 2.05) is 71.6 Å². The summed E-state index contributed by atoms with van der Waals surface area (Å²) in [6.45, 7) is 3.96. The van der Waals surface area contributed by atoms with Gasteiger partial charge in [-0.3, -0.25) is 38.8 Å². The van der Waals surface area contributed by atoms with E-state index in [4.69, 9.17) is 5.10 Å². The quantitative estimate of drug-likeness (QED) is 0.152. The molecule has 4 amide bonds. The Labute approximate surface area is 389 Å². The van der Waals surface area contributed by atoms with E-state index < -0.39 is 42.3 Å². The second kappa shape index (κ2) is 18.8. The second-order valence-corrected chi connectivity index (χ2v) is 17.9. The molecule has 2 fully saturated rings. The number of fused-ring (bicyclic) bond motifs is 2. The van der Waals surface area contributed by atoms with Crippen molar-refractivity contribution in [2.45, 2.75) is 82.3 Å². The van der Waals surface area contributed by atoms with Crippen LogP contribution in [0.15, 0.2) is 79.4 Å². The number of benzene rings is 2. The molecule has 22 heteroatoms. The number of halogens is 2. The summed E-state index contributed by atoms with van der Waals surface area (Å²) in [5.74, 6) is -0.511. The molecular formula is C46H52F2N16O4. The summed E-state index contributed by atoms with van der Waals surface area (Å²) in [5.41, 5.74) is 4.26. The first kappa shape index (κ1) is 44.6. The Morgan fingerprint density at radius 3 is 1.76 bits per heavy atom. The van der Waals surface area contributed by atoms with Crippen LogP contribution < -0.4 is 20.4 Å². The van der Waals surface area contributed by atoms with E-state index in [2.05, 4.69) is 40.8 Å². The maximum Gasteiger partial charge on any atom is 0.291 e. The molecule has 4 aliphatic rings. The van der Waals surface area contributed by atoms with Gasteiger partial charge in [0, 0.05) is 84.9 Å². The molecule has 20 nitrogen and oxygen atoms in total. The van der Waals surface area contributed by atoms with Crippen LogP contribution in [-0.4, -0.2) is 154 Å². The predicted octanol–water partition coefficient (Wildman–Crippen LogP) is 1.82. The number of likely N-dealkylation sites (tertiary alicyclic amines) is 2. The minimum atomic E-state index is -1.07. The minimum Gasteiger partial charge on any atom is -0.337 e. The van der Waals surface area contributed by atoms with Crippen LogP contribution in [0.25, 0.3) is 0 Å². The fourth-order valence-electron chi connectivity index (χ4n) is 9.37. The third kappa shape index (κ3) is 9.37. The highest BCUT2D eigenvalue weighted by Crippen LogP contribution is 2.36. The van der Waals surface area contributed by atoms with Gasteiger partial charge in [-0.05, 0) is 29.5 Å². The lowest BCUT2D eigenvalue weighted by Gasteiger charge is -2.44. The van der Waals surface area contributed by atoms with Crippen molar-refractivity contribution >= 4 is 35.3 Å². The number of alkyl halides is 2. The fraction of sp³-hybridized carbons (Fsp3) is 0.435. The second-order valence-electron chi connectivity index (χ2n) is 17.9. The van der Waals surface area contributed by atoms with E-state index in [1.54, 1.807) is 28.1 Å². The Morgan fingerprint density at radius 2 is 1.21 bits per heavy atom. The van der Waals surface area contributed by atoms with Gasteiger partial charge in [-0.1, -0.05) is 54.6 Å². The van der Waals surface area contributed by atoms with E-state index in [9.17, 15) is 23.6 Å². The highest BCUT2D eigenvalue weighted by Gasteiger charge is 2.40. The van der Waals surface area contributed by atoms with Gasteiger partial charge in [0.15, 0.2) is 0 Å². The third-order valence-corrected chi connectivity index (χ3v) is 13.1. The first-order valence-corrected chi connectivity index (χ1v) is 22.9. The van der Waals surface area contributed by atoms with Crippen LogP contribution in [0.1, 0.15) is 68.2 Å². The smallest absolute Gasteiger partial charge is 0.291 e. The maximum absolute atomic E-state index is 15.3. The molecule has 354 valence electrons. The highest BCUT2D eigenvalue weighted by molar-refractivity contribution is 6.01. The summed E-state index contributed by atoms with van der Waals surface area (Å²) in [7, 11) is 3.31. The summed E-state index contributed by atoms with van der Waals surface area (Å²) in [5, 5.41) is 23.8. The zero-order chi connectivity index (χ0) is 47.1. The molecule has 0 bridgehead atoms. The number of nitrogens with zero attached hydrogens (tertiary/aromatic N) is 14. The van der Waals surface area contributed by atoms with Gasteiger partial charge in [-0.2, -0.15) is 10.2 Å². The molecule has 4 aromatic heterocycles. The van der Waals surface area contributed by atoms with Gasteiger partial charge in [0.25, 0.3) is 23.6 Å². The standard InChI is InChI=1S/C46H52F2N16O4/c1-57-38-20-33(11-15-59-24-32(47)25-59)53-63(38)17-13-36(45(57)67)52-44(66)42-50-28-62(56-42)23-30-9-6-10-31(19-30)40-35(48)26-60(40)16-12-34-21-39-58(2)46(68)37(14-18-64(39)54-34)51-43(65)41-49-27-61(55-41)22-29-7-4-3-5-8-29/h3-10,19-21,27-28,32,35-37,40H,11-18,22-26H2,1-2H3,(H,51,65)(H,52,66)/t35?,36-,37+,40?/m0/s1. The van der Waals surface area contributed by atoms with Gasteiger partial charge in [0.1, 0.15) is 48.7 Å². The topological polar surface area (TPSA) is 202 Å². The molecule has 2 saturated heterocycles. The summed E-state index contributed by atoms with van der Waals surface area (Å²) in [6, 6.07) is 19.0. The molecule has 0 radical (unpaired) electrons. The van der Waals surface area contributed by atoms with Gasteiger partial charge < -0.3 is 10.6 Å². The van der Waals surface area contributed by atoms with Crippen LogP contribution in [0.2, 0.25) is 0 Å². The number of aromatic nitrogens is 10. The maximum atomic E-state index is 15.3. The number of aryl methyl sites for hydroxylation is 2. The van der Waals surface area contributed by atoms with Gasteiger partial charge in [-0.15, -0.1) is 10.2 Å². The number of nitrogens with one attached hydrogen (secondary N) is 2. The van der Waals surface area contributed by atoms with Gasteiger partial charge in [0.2, 0.25) is 11.6 Å². The number of amides is 4. The van der Waals surface area contributed by atoms with E-state index in [1.165, 1.54) is 27.1 Å². The normalized spacial score (nSPS) is 21.1. The molecule has 68 heavy (non-hydrogen) atoms. The molecule has 6 aromatic rings. The largest absolute Gasteiger partial charge is 0.337 e. The summed E-state index contributed by atoms with van der Waals surface area (Å²) in [4.78, 5) is 68.9. The Balaban J connectivity index is 0.703. The first-order valence-electron chi connectivity index (χ1n) is 22.9. The molecule has 8 heterocycles. The molecule has 2 unspecified atom stereocenters. The number of carbonyl (C=O) groups excluding carboxylic acids is 4. The summed E-state index contributed by atoms with van der Waals surface area (Å²) < 4.78 is 35.2. The Hall–Kier alpha value is -7.20. The Morgan fingerprint density at radius 1 is 0.662 bits per heavy atom. The average molecular weight is 931 g/mol. The predicted molar refractivity (Wildman–Crippen MR) is 242 cm³/mol. The lowest BCUT2D eigenvalue weighted by molar-refractivity contribution is -0.120. The summed E-state index contributed by atoms with van der Waals surface area (Å²) >= 11 is 0. The van der Waals surface area contributed by atoms with Crippen molar-refractivity contribution in [3.63, 3.8) is 0 Å². The lowest BCUT2D eigenvalue weighted by atomic mass is 9.91. The van der Waals surface area contributed by atoms with Gasteiger partial charge in [0.05, 0.1) is 30.5 Å². The van der Waals surface area contributed by atoms with Gasteiger partial charge >= 0.3 is 0 Å². The van der Waals surface area contributed by atoms with Crippen LogP contribution >= 0.6 is 0 Å². The van der Waals surface area contributed by atoms with Gasteiger partial charge in [-0.25, -0.2) is 37.5 Å². The van der Waals surface area contributed by atoms with E-state index in [-0.39, 0.29) is 36.6 Å². The van der Waals surface area contributed by atoms with Crippen molar-refractivity contribution in [1.82, 2.24) is 69.5 Å². The lowest BCUT2D eigenvalue weighted by Crippen LogP contribution is -2.52. The Bertz CT molecular complexity index is 2820. The van der Waals surface area contributed by atoms with Crippen LogP contribution in [0, 0.1) is 0 Å². The highest BCUT2D eigenvalue weighted by atomic mass is 19.1. The van der Waals surface area contributed by atoms with Crippen molar-refractivity contribution in [3.8, 4) is 0 Å². The Kier molecular flexibility index (Phi) is 12.4. The van der Waals surface area contributed by atoms with Crippen molar-refractivity contribution in [1.29, 1.82) is 0 Å². The fourth-order valence-corrected chi connectivity index (χ4v) is 9.37. The SMILES string of the molecule is CN1C(=O)[C@@H](NC(=O)c2ncn(Cc3cccc(C4C(F)CN4CCc4cc5n(n4)CC[C@@H](NC(=O)c4ncn(Cc6ccccc6)n4)C(=O)N5C)c3)n2)CCn2nc(CCN3CC(F)C3)cc21. The number of carbonyl (C=O) groups is 4. The first-order chi connectivity index (χ1) is 32.9. The van der Waals surface area contributed by atoms with Crippen molar-refractivity contribution in [3.05, 3.63) is 119 Å². The number of likely N-dealkylation sites (N-methyl/N-ethyl adjacent to an activating group) is 2. The van der Waals surface area contributed by atoms with Crippen LogP contribution in [0.4, 0.5) is 20.4 Å². The van der Waals surface area contributed by atoms with Crippen molar-refractivity contribution in [2.75, 3.05) is 56.6 Å². The molecule has 4 atom stereocenters. The monoisotopic (exact) mass is 930 g/mol. The van der Waals surface area contributed by atoms with Crippen molar-refractivity contribution < 1.29 is 28.0 Å². The van der Waals surface area contributed by atoms with Crippen LogP contribution in [-0.2, 0) is 48.6 Å². The van der Waals surface area contributed by atoms with E-state index in [0.29, 0.717) is 83.1 Å². The number of rotatable bonds is 15. The minimum absolute atomic E-state index is 0.0164. The zero-order valence-electron chi connectivity index (χ0n) is 37.7. The molecule has 2 N–H and O–H groups in total. The molecule has 0 aliphatic carbocycles. The van der Waals surface area contributed by atoms with Crippen LogP contribution in [0.3, 0.4) is 0 Å². The average Bonchev–Trinajstić information content (AvgIpc) is 4.14. The number of anilines is 2. The van der Waals surface area contributed by atoms with E-state index >= 15 is 4.39 Å². The summed E-state index contributed by atoms with van der Waals surface area (Å²) in [6.07, 6.45) is 2.96. The molecule has 0 spiro atoms. The van der Waals surface area contributed by atoms with Crippen molar-refractivity contribution in [2.24, 2.45) is 0 Å². The third-order valence-electron chi connectivity index (χ3n) is 13.1.